The fourth-order valence-electron chi connectivity index (χ4n) is 2.34. The van der Waals surface area contributed by atoms with Crippen molar-refractivity contribution in [1.82, 2.24) is 0 Å². The number of nitrogens with one attached hydrogen (secondary N) is 1. The molecule has 132 valence electrons. The van der Waals surface area contributed by atoms with Gasteiger partial charge in [0.1, 0.15) is 5.58 Å². The van der Waals surface area contributed by atoms with E-state index in [4.69, 9.17) is 20.8 Å². The van der Waals surface area contributed by atoms with E-state index in [1.54, 1.807) is 49.4 Å². The average Bonchev–Trinajstić information content (AvgIpc) is 2.63. The maximum atomic E-state index is 12.1. The lowest BCUT2D eigenvalue weighted by molar-refractivity contribution is -0.119. The van der Waals surface area contributed by atoms with Gasteiger partial charge in [0, 0.05) is 16.8 Å². The predicted molar refractivity (Wildman–Crippen MR) is 97.6 cm³/mol. The minimum absolute atomic E-state index is 0.263. The van der Waals surface area contributed by atoms with Crippen molar-refractivity contribution in [1.29, 1.82) is 0 Å². The fourth-order valence-corrected chi connectivity index (χ4v) is 2.51. The van der Waals surface area contributed by atoms with Crippen LogP contribution < -0.4 is 10.7 Å². The van der Waals surface area contributed by atoms with Crippen LogP contribution in [0.1, 0.15) is 16.1 Å². The highest BCUT2D eigenvalue weighted by molar-refractivity contribution is 6.31. The van der Waals surface area contributed by atoms with Gasteiger partial charge < -0.3 is 14.5 Å². The van der Waals surface area contributed by atoms with E-state index in [-0.39, 0.29) is 16.8 Å². The number of para-hydroxylation sites is 1. The molecule has 1 N–H and O–H groups in total. The van der Waals surface area contributed by atoms with E-state index in [0.29, 0.717) is 21.7 Å². The van der Waals surface area contributed by atoms with Crippen molar-refractivity contribution in [2.45, 2.75) is 6.92 Å². The monoisotopic (exact) mass is 371 g/mol. The number of halogens is 1. The predicted octanol–water partition coefficient (Wildman–Crippen LogP) is 3.55. The molecule has 0 saturated carbocycles. The summed E-state index contributed by atoms with van der Waals surface area (Å²) in [5.41, 5.74) is 1.13. The van der Waals surface area contributed by atoms with Crippen LogP contribution in [0.2, 0.25) is 5.02 Å². The molecule has 0 aliphatic carbocycles. The summed E-state index contributed by atoms with van der Waals surface area (Å²) in [4.78, 5) is 36.0. The van der Waals surface area contributed by atoms with Gasteiger partial charge in [-0.1, -0.05) is 29.8 Å². The first-order chi connectivity index (χ1) is 12.5. The standard InChI is InChI=1S/C19H14ClNO5/c1-11-13(20)6-4-7-14(11)21-18(23)10-25-19(24)17-9-15(22)12-5-2-3-8-16(12)26-17/h2-9H,10H2,1H3,(H,21,23). The van der Waals surface area contributed by atoms with Crippen LogP contribution >= 0.6 is 11.6 Å². The van der Waals surface area contributed by atoms with Crippen molar-refractivity contribution in [3.8, 4) is 0 Å². The second-order valence-electron chi connectivity index (χ2n) is 5.51. The van der Waals surface area contributed by atoms with Crippen molar-refractivity contribution >= 4 is 40.1 Å². The van der Waals surface area contributed by atoms with E-state index in [1.165, 1.54) is 0 Å². The van der Waals surface area contributed by atoms with Gasteiger partial charge in [0.05, 0.1) is 5.39 Å². The van der Waals surface area contributed by atoms with Crippen molar-refractivity contribution in [3.05, 3.63) is 75.1 Å². The summed E-state index contributed by atoms with van der Waals surface area (Å²) in [5.74, 6) is -1.70. The molecule has 2 aromatic carbocycles. The number of amides is 1. The number of fused-ring (bicyclic) bond motifs is 1. The maximum absolute atomic E-state index is 12.1. The Morgan fingerprint density at radius 3 is 2.73 bits per heavy atom. The smallest absolute Gasteiger partial charge is 0.374 e. The van der Waals surface area contributed by atoms with Crippen LogP contribution in [0.15, 0.2) is 57.7 Å². The van der Waals surface area contributed by atoms with E-state index in [2.05, 4.69) is 5.32 Å². The first kappa shape index (κ1) is 17.7. The van der Waals surface area contributed by atoms with Gasteiger partial charge in [-0.15, -0.1) is 0 Å². The third-order valence-corrected chi connectivity index (χ3v) is 4.12. The van der Waals surface area contributed by atoms with Crippen LogP contribution in [0.3, 0.4) is 0 Å². The molecule has 0 aliphatic heterocycles. The Morgan fingerprint density at radius 1 is 1.15 bits per heavy atom. The molecule has 26 heavy (non-hydrogen) atoms. The summed E-state index contributed by atoms with van der Waals surface area (Å²) < 4.78 is 10.3. The van der Waals surface area contributed by atoms with Gasteiger partial charge >= 0.3 is 5.97 Å². The topological polar surface area (TPSA) is 85.6 Å². The number of carbonyl (C=O) groups excluding carboxylic acids is 2. The quantitative estimate of drug-likeness (QED) is 0.709. The number of rotatable bonds is 4. The van der Waals surface area contributed by atoms with Crippen molar-refractivity contribution in [2.24, 2.45) is 0 Å². The van der Waals surface area contributed by atoms with Crippen molar-refractivity contribution in [3.63, 3.8) is 0 Å². The van der Waals surface area contributed by atoms with Crippen LogP contribution in [0.4, 0.5) is 5.69 Å². The molecule has 1 aromatic heterocycles. The van der Waals surface area contributed by atoms with Gasteiger partial charge in [0.15, 0.2) is 12.0 Å². The van der Waals surface area contributed by atoms with Gasteiger partial charge in [0.25, 0.3) is 5.91 Å². The van der Waals surface area contributed by atoms with Gasteiger partial charge in [-0.2, -0.15) is 0 Å². The molecule has 0 fully saturated rings. The van der Waals surface area contributed by atoms with Gasteiger partial charge in [-0.25, -0.2) is 4.79 Å². The molecule has 0 spiro atoms. The van der Waals surface area contributed by atoms with Gasteiger partial charge in [0.2, 0.25) is 5.76 Å². The van der Waals surface area contributed by atoms with Crippen LogP contribution in [0.25, 0.3) is 11.0 Å². The number of ether oxygens (including phenoxy) is 1. The molecule has 0 unspecified atom stereocenters. The largest absolute Gasteiger partial charge is 0.450 e. The zero-order valence-corrected chi connectivity index (χ0v) is 14.5. The van der Waals surface area contributed by atoms with Crippen LogP contribution in [0.5, 0.6) is 0 Å². The lowest BCUT2D eigenvalue weighted by Crippen LogP contribution is -2.21. The molecule has 1 heterocycles. The lowest BCUT2D eigenvalue weighted by atomic mass is 10.2. The first-order valence-electron chi connectivity index (χ1n) is 7.70. The molecule has 0 radical (unpaired) electrons. The minimum Gasteiger partial charge on any atom is -0.450 e. The molecule has 1 amide bonds. The third-order valence-electron chi connectivity index (χ3n) is 3.71. The second kappa shape index (κ2) is 7.41. The average molecular weight is 372 g/mol. The highest BCUT2D eigenvalue weighted by atomic mass is 35.5. The van der Waals surface area contributed by atoms with Crippen LogP contribution in [-0.4, -0.2) is 18.5 Å². The summed E-state index contributed by atoms with van der Waals surface area (Å²) in [7, 11) is 0. The SMILES string of the molecule is Cc1c(Cl)cccc1NC(=O)COC(=O)c1cc(=O)c2ccccc2o1. The lowest BCUT2D eigenvalue weighted by Gasteiger charge is -2.09. The van der Waals surface area contributed by atoms with Crippen molar-refractivity contribution in [2.75, 3.05) is 11.9 Å². The van der Waals surface area contributed by atoms with Gasteiger partial charge in [-0.05, 0) is 36.8 Å². The molecule has 0 saturated heterocycles. The highest BCUT2D eigenvalue weighted by Gasteiger charge is 2.16. The molecule has 0 atom stereocenters. The summed E-state index contributed by atoms with van der Waals surface area (Å²) in [6, 6.07) is 12.7. The van der Waals surface area contributed by atoms with E-state index in [1.807, 2.05) is 0 Å². The Balaban J connectivity index is 1.68. The molecular formula is C19H14ClNO5. The highest BCUT2D eigenvalue weighted by Crippen LogP contribution is 2.22. The minimum atomic E-state index is -0.897. The number of esters is 1. The van der Waals surface area contributed by atoms with E-state index in [0.717, 1.165) is 6.07 Å². The third kappa shape index (κ3) is 3.75. The van der Waals surface area contributed by atoms with Crippen LogP contribution in [-0.2, 0) is 9.53 Å². The Labute approximate surface area is 153 Å². The van der Waals surface area contributed by atoms with Crippen molar-refractivity contribution < 1.29 is 18.7 Å². The number of carbonyl (C=O) groups is 2. The summed E-state index contributed by atoms with van der Waals surface area (Å²) in [5, 5.41) is 3.48. The zero-order valence-electron chi connectivity index (χ0n) is 13.7. The van der Waals surface area contributed by atoms with E-state index in [9.17, 15) is 14.4 Å². The number of hydrogen-bond acceptors (Lipinski definition) is 5. The molecular weight excluding hydrogens is 358 g/mol. The number of hydrogen-bond donors (Lipinski definition) is 1. The Morgan fingerprint density at radius 2 is 1.92 bits per heavy atom. The van der Waals surface area contributed by atoms with Crippen LogP contribution in [0, 0.1) is 6.92 Å². The Bertz CT molecular complexity index is 1060. The molecule has 3 rings (SSSR count). The first-order valence-corrected chi connectivity index (χ1v) is 8.08. The maximum Gasteiger partial charge on any atom is 0.374 e. The second-order valence-corrected chi connectivity index (χ2v) is 5.91. The number of benzene rings is 2. The Kier molecular flexibility index (Phi) is 5.04. The van der Waals surface area contributed by atoms with E-state index >= 15 is 0 Å². The summed E-state index contributed by atoms with van der Waals surface area (Å²) in [6.45, 7) is 1.23. The molecule has 7 heteroatoms. The zero-order chi connectivity index (χ0) is 18.7. The van der Waals surface area contributed by atoms with E-state index < -0.39 is 18.5 Å². The molecule has 0 bridgehead atoms. The molecule has 0 aliphatic rings. The summed E-state index contributed by atoms with van der Waals surface area (Å²) in [6.07, 6.45) is 0. The summed E-state index contributed by atoms with van der Waals surface area (Å²) >= 11 is 5.99. The molecule has 3 aromatic rings. The number of anilines is 1. The van der Waals surface area contributed by atoms with Gasteiger partial charge in [-0.3, -0.25) is 9.59 Å². The normalized spacial score (nSPS) is 10.5. The fraction of sp³-hybridized carbons (Fsp3) is 0.105. The Hall–Kier alpha value is -3.12. The molecule has 6 nitrogen and oxygen atoms in total.